The molecule has 0 aliphatic carbocycles. The van der Waals surface area contributed by atoms with Crippen molar-refractivity contribution in [1.29, 1.82) is 0 Å². The number of H-pyrrole nitrogens is 1. The number of nitrogens with zero attached hydrogens (tertiary/aromatic N) is 7. The summed E-state index contributed by atoms with van der Waals surface area (Å²) in [5, 5.41) is 4.68. The summed E-state index contributed by atoms with van der Waals surface area (Å²) in [6, 6.07) is 1.98. The summed E-state index contributed by atoms with van der Waals surface area (Å²) in [5.41, 5.74) is 4.65. The van der Waals surface area contributed by atoms with Gasteiger partial charge in [0.1, 0.15) is 23.7 Å². The number of aromatic amines is 1. The highest BCUT2D eigenvalue weighted by atomic mass is 32.1. The summed E-state index contributed by atoms with van der Waals surface area (Å²) in [7, 11) is 0. The highest BCUT2D eigenvalue weighted by Crippen LogP contribution is 2.27. The topological polar surface area (TPSA) is 132 Å². The minimum Gasteiger partial charge on any atom is -0.448 e. The van der Waals surface area contributed by atoms with Crippen LogP contribution in [-0.4, -0.2) is 39.9 Å². The molecule has 0 radical (unpaired) electrons. The van der Waals surface area contributed by atoms with Crippen molar-refractivity contribution >= 4 is 22.7 Å². The molecule has 10 nitrogen and oxygen atoms in total. The van der Waals surface area contributed by atoms with Gasteiger partial charge in [0.15, 0.2) is 11.8 Å². The van der Waals surface area contributed by atoms with Crippen molar-refractivity contribution in [3.8, 4) is 0 Å². The largest absolute Gasteiger partial charge is 0.448 e. The first-order chi connectivity index (χ1) is 31.2. The summed E-state index contributed by atoms with van der Waals surface area (Å²) in [4.78, 5) is 35.0. The molecule has 0 aromatic carbocycles. The number of hydrogen-bond donors (Lipinski definition) is 1. The second kappa shape index (κ2) is 30.5. The monoisotopic (exact) mass is 961 g/mol. The molecule has 67 heavy (non-hydrogen) atoms. The standard InChI is InChI=1S/C10H16N2.C9H16N2.2C9H15NO.2C9H15NS/c1-7(2)9-5-6-11-10(12-9)8(3)4;1-6(2)8-5-10-9(11-8)7(3)4;1-6(2)8-5-11-9(10-8)7(3)4;1-6(2)8-5-10-9(11-8)7(3)4;1-6(2)8-5-11-9(10-8)7(3)4;1-6(2)8-5-10-9(11-8)7(3)4/h5-8H,1-4H3;5-7H,1-4H3,(H,10,11);4*5-7H,1-4H3. The molecule has 0 atom stereocenters. The van der Waals surface area contributed by atoms with Gasteiger partial charge in [0.2, 0.25) is 0 Å². The minimum atomic E-state index is 0.391. The number of thiazole rings is 2. The molecule has 12 heteroatoms. The number of rotatable bonds is 12. The molecular formula is C55H92N8O2S2. The molecule has 0 amide bonds. The SMILES string of the molecule is CC(C)c1ccnc(C(C)C)n1.CC(C)c1cnc(C(C)C)[nH]1.CC(C)c1cnc(C(C)C)o1.CC(C)c1cnc(C(C)C)s1.CC(C)c1coc(C(C)C)n1.CC(C)c1csc(C(C)C)n1. The van der Waals surface area contributed by atoms with E-state index < -0.39 is 0 Å². The van der Waals surface area contributed by atoms with E-state index in [2.05, 4.69) is 211 Å². The molecule has 0 spiro atoms. The lowest BCUT2D eigenvalue weighted by Gasteiger charge is -2.07. The van der Waals surface area contributed by atoms with Gasteiger partial charge >= 0.3 is 0 Å². The summed E-state index contributed by atoms with van der Waals surface area (Å²) in [5.74, 6) is 10.7. The number of nitrogens with one attached hydrogen (secondary N) is 1. The van der Waals surface area contributed by atoms with E-state index in [0.29, 0.717) is 71.0 Å². The van der Waals surface area contributed by atoms with Gasteiger partial charge in [0.05, 0.1) is 27.6 Å². The number of hydrogen-bond acceptors (Lipinski definition) is 11. The van der Waals surface area contributed by atoms with Crippen molar-refractivity contribution in [2.45, 2.75) is 237 Å². The fourth-order valence-corrected chi connectivity index (χ4v) is 7.18. The van der Waals surface area contributed by atoms with Gasteiger partial charge in [-0.05, 0) is 35.7 Å². The summed E-state index contributed by atoms with van der Waals surface area (Å²) in [6.45, 7) is 51.4. The van der Waals surface area contributed by atoms with Gasteiger partial charge in [-0.15, -0.1) is 22.7 Å². The molecule has 6 rings (SSSR count). The van der Waals surface area contributed by atoms with Crippen LogP contribution < -0.4 is 0 Å². The lowest BCUT2D eigenvalue weighted by atomic mass is 10.1. The van der Waals surface area contributed by atoms with Crippen LogP contribution >= 0.6 is 22.7 Å². The van der Waals surface area contributed by atoms with E-state index in [1.807, 2.05) is 42.2 Å². The molecule has 376 valence electrons. The van der Waals surface area contributed by atoms with Crippen LogP contribution in [0.3, 0.4) is 0 Å². The van der Waals surface area contributed by atoms with Crippen LogP contribution in [0.5, 0.6) is 0 Å². The first-order valence-corrected chi connectivity index (χ1v) is 26.5. The summed E-state index contributed by atoms with van der Waals surface area (Å²) in [6.07, 6.45) is 9.35. The maximum atomic E-state index is 5.50. The van der Waals surface area contributed by atoms with Crippen LogP contribution in [0.2, 0.25) is 0 Å². The molecule has 0 saturated heterocycles. The second-order valence-electron chi connectivity index (χ2n) is 20.8. The van der Waals surface area contributed by atoms with Crippen molar-refractivity contribution in [1.82, 2.24) is 39.9 Å². The highest BCUT2D eigenvalue weighted by Gasteiger charge is 2.12. The minimum absolute atomic E-state index is 0.391. The first kappa shape index (κ1) is 61.0. The molecule has 0 fully saturated rings. The van der Waals surface area contributed by atoms with E-state index in [9.17, 15) is 0 Å². The Labute approximate surface area is 416 Å². The van der Waals surface area contributed by atoms with E-state index in [0.717, 1.165) is 40.6 Å². The Balaban J connectivity index is 0.000000402. The van der Waals surface area contributed by atoms with E-state index in [4.69, 9.17) is 8.83 Å². The second-order valence-corrected chi connectivity index (χ2v) is 22.8. The van der Waals surface area contributed by atoms with Crippen LogP contribution in [0.1, 0.15) is 304 Å². The lowest BCUT2D eigenvalue weighted by Crippen LogP contribution is -2.01. The third-order valence-corrected chi connectivity index (χ3v) is 12.8. The van der Waals surface area contributed by atoms with Gasteiger partial charge in [-0.1, -0.05) is 166 Å². The molecular weight excluding hydrogens is 869 g/mol. The van der Waals surface area contributed by atoms with Crippen molar-refractivity contribution in [3.63, 3.8) is 0 Å². The van der Waals surface area contributed by atoms with Crippen LogP contribution in [0.15, 0.2) is 51.3 Å². The normalized spacial score (nSPS) is 11.4. The Morgan fingerprint density at radius 3 is 1.34 bits per heavy atom. The van der Waals surface area contributed by atoms with E-state index in [1.54, 1.807) is 17.6 Å². The van der Waals surface area contributed by atoms with Gasteiger partial charge in [0, 0.05) is 81.7 Å². The zero-order valence-electron chi connectivity index (χ0n) is 46.2. The summed E-state index contributed by atoms with van der Waals surface area (Å²) >= 11 is 3.61. The van der Waals surface area contributed by atoms with Crippen LogP contribution in [0.25, 0.3) is 0 Å². The smallest absolute Gasteiger partial charge is 0.196 e. The molecule has 0 aliphatic rings. The molecule has 0 unspecified atom stereocenters. The molecule has 6 heterocycles. The lowest BCUT2D eigenvalue weighted by molar-refractivity contribution is 0.422. The summed E-state index contributed by atoms with van der Waals surface area (Å²) < 4.78 is 10.8. The quantitative estimate of drug-likeness (QED) is 0.127. The molecule has 6 aromatic rings. The average molecular weight is 962 g/mol. The van der Waals surface area contributed by atoms with E-state index >= 15 is 0 Å². The van der Waals surface area contributed by atoms with E-state index in [1.165, 1.54) is 26.3 Å². The Kier molecular flexibility index (Phi) is 27.7. The van der Waals surface area contributed by atoms with Gasteiger partial charge in [0.25, 0.3) is 0 Å². The fraction of sp³-hybridized carbons (Fsp3) is 0.655. The number of aromatic nitrogens is 8. The molecule has 0 aliphatic heterocycles. The zero-order chi connectivity index (χ0) is 51.3. The van der Waals surface area contributed by atoms with Crippen LogP contribution in [0.4, 0.5) is 0 Å². The van der Waals surface area contributed by atoms with Crippen molar-refractivity contribution in [2.24, 2.45) is 0 Å². The first-order valence-electron chi connectivity index (χ1n) is 24.9. The Morgan fingerprint density at radius 1 is 0.448 bits per heavy atom. The third-order valence-electron chi connectivity index (χ3n) is 10.0. The van der Waals surface area contributed by atoms with Crippen molar-refractivity contribution in [3.05, 3.63) is 109 Å². The molecule has 0 bridgehead atoms. The van der Waals surface area contributed by atoms with Crippen molar-refractivity contribution < 1.29 is 8.83 Å². The van der Waals surface area contributed by atoms with Crippen LogP contribution in [-0.2, 0) is 0 Å². The predicted molar refractivity (Wildman–Crippen MR) is 287 cm³/mol. The third kappa shape index (κ3) is 22.8. The highest BCUT2D eigenvalue weighted by molar-refractivity contribution is 7.11. The van der Waals surface area contributed by atoms with E-state index in [-0.39, 0.29) is 0 Å². The Morgan fingerprint density at radius 2 is 1.03 bits per heavy atom. The number of oxazole rings is 2. The fourth-order valence-electron chi connectivity index (χ4n) is 5.26. The predicted octanol–water partition coefficient (Wildman–Crippen LogP) is 18.0. The van der Waals surface area contributed by atoms with Crippen molar-refractivity contribution in [2.75, 3.05) is 0 Å². The Hall–Kier alpha value is -4.03. The van der Waals surface area contributed by atoms with Gasteiger partial charge < -0.3 is 13.8 Å². The van der Waals surface area contributed by atoms with Gasteiger partial charge in [-0.2, -0.15) is 0 Å². The number of imidazole rings is 1. The average Bonchev–Trinajstić information content (AvgIpc) is 4.10. The molecule has 1 N–H and O–H groups in total. The van der Waals surface area contributed by atoms with Crippen LogP contribution in [0, 0.1) is 0 Å². The molecule has 6 aromatic heterocycles. The zero-order valence-corrected chi connectivity index (χ0v) is 47.9. The Bertz CT molecular complexity index is 1750. The molecule has 0 saturated carbocycles. The maximum absolute atomic E-state index is 5.50. The van der Waals surface area contributed by atoms with Gasteiger partial charge in [-0.3, -0.25) is 0 Å². The van der Waals surface area contributed by atoms with Gasteiger partial charge in [-0.25, -0.2) is 34.9 Å². The maximum Gasteiger partial charge on any atom is 0.196 e.